The Kier molecular flexibility index (Phi) is 13.9. The second kappa shape index (κ2) is 15.5. The van der Waals surface area contributed by atoms with Crippen molar-refractivity contribution in [2.75, 3.05) is 7.05 Å². The Morgan fingerprint density at radius 2 is 1.06 bits per heavy atom. The van der Waals surface area contributed by atoms with Crippen LogP contribution in [0.1, 0.15) is 57.8 Å². The molecule has 0 aliphatic carbocycles. The van der Waals surface area contributed by atoms with Gasteiger partial charge in [0.15, 0.2) is 11.6 Å². The summed E-state index contributed by atoms with van der Waals surface area (Å²) in [6.45, 7) is 0. The number of Topliss-reactive ketones (excluding diaryl/α,β-unsaturated/α-hetero) is 2. The number of ketones is 2. The number of carbonyl (C=O) groups is 7. The highest BCUT2D eigenvalue weighted by Gasteiger charge is 2.30. The fourth-order valence-electron chi connectivity index (χ4n) is 3.02. The van der Waals surface area contributed by atoms with Gasteiger partial charge in [0.1, 0.15) is 0 Å². The van der Waals surface area contributed by atoms with Crippen molar-refractivity contribution in [3.05, 3.63) is 0 Å². The predicted octanol–water partition coefficient (Wildman–Crippen LogP) is -0.337. The van der Waals surface area contributed by atoms with E-state index in [2.05, 4.69) is 10.6 Å². The first-order valence-corrected chi connectivity index (χ1v) is 10.3. The smallest absolute Gasteiger partial charge is 0.303 e. The molecular formula is C20H30N2O11. The zero-order valence-corrected chi connectivity index (χ0v) is 18.2. The highest BCUT2D eigenvalue weighted by molar-refractivity contribution is 5.94. The van der Waals surface area contributed by atoms with Gasteiger partial charge in [0.2, 0.25) is 5.91 Å². The van der Waals surface area contributed by atoms with Crippen LogP contribution in [-0.4, -0.2) is 80.9 Å². The molecule has 6 N–H and O–H groups in total. The molecule has 3 atom stereocenters. The summed E-state index contributed by atoms with van der Waals surface area (Å²) in [4.78, 5) is 81.0. The van der Waals surface area contributed by atoms with Crippen LogP contribution in [0, 0.1) is 5.92 Å². The van der Waals surface area contributed by atoms with Crippen LogP contribution in [0.2, 0.25) is 0 Å². The van der Waals surface area contributed by atoms with Gasteiger partial charge < -0.3 is 31.1 Å². The van der Waals surface area contributed by atoms with E-state index in [-0.39, 0.29) is 25.7 Å². The van der Waals surface area contributed by atoms with Crippen LogP contribution in [0.3, 0.4) is 0 Å². The third kappa shape index (κ3) is 13.6. The fraction of sp³-hybridized carbons (Fsp3) is 0.650. The number of carboxylic acids is 4. The zero-order valence-electron chi connectivity index (χ0n) is 18.2. The Bertz CT molecular complexity index is 750. The van der Waals surface area contributed by atoms with Crippen LogP contribution in [0.5, 0.6) is 0 Å². The maximum atomic E-state index is 12.8. The summed E-state index contributed by atoms with van der Waals surface area (Å²) in [6.07, 6.45) is -3.27. The van der Waals surface area contributed by atoms with E-state index in [1.54, 1.807) is 0 Å². The first kappa shape index (κ1) is 29.7. The zero-order chi connectivity index (χ0) is 25.6. The van der Waals surface area contributed by atoms with E-state index in [1.807, 2.05) is 0 Å². The molecular weight excluding hydrogens is 444 g/mol. The number of hydrogen-bond acceptors (Lipinski definition) is 8. The van der Waals surface area contributed by atoms with E-state index < -0.39 is 91.5 Å². The lowest BCUT2D eigenvalue weighted by Crippen LogP contribution is -2.45. The number of amides is 1. The molecule has 0 aliphatic heterocycles. The van der Waals surface area contributed by atoms with Gasteiger partial charge >= 0.3 is 23.9 Å². The van der Waals surface area contributed by atoms with Crippen molar-refractivity contribution in [3.63, 3.8) is 0 Å². The molecule has 13 heteroatoms. The molecule has 13 nitrogen and oxygen atoms in total. The van der Waals surface area contributed by atoms with E-state index >= 15 is 0 Å². The molecule has 0 aromatic carbocycles. The number of nitrogens with one attached hydrogen (secondary N) is 2. The molecule has 0 heterocycles. The van der Waals surface area contributed by atoms with Gasteiger partial charge in [-0.1, -0.05) is 0 Å². The molecule has 0 saturated carbocycles. The van der Waals surface area contributed by atoms with E-state index in [0.29, 0.717) is 0 Å². The Labute approximate surface area is 189 Å². The minimum Gasteiger partial charge on any atom is -0.481 e. The van der Waals surface area contributed by atoms with E-state index in [1.165, 1.54) is 7.05 Å². The van der Waals surface area contributed by atoms with Crippen molar-refractivity contribution in [1.29, 1.82) is 0 Å². The number of carbonyl (C=O) groups excluding carboxylic acids is 3. The summed E-state index contributed by atoms with van der Waals surface area (Å²) >= 11 is 0. The molecule has 0 radical (unpaired) electrons. The molecule has 0 aliphatic rings. The molecule has 1 amide bonds. The minimum absolute atomic E-state index is 0.0488. The Hall–Kier alpha value is -3.35. The third-order valence-corrected chi connectivity index (χ3v) is 4.85. The maximum Gasteiger partial charge on any atom is 0.303 e. The summed E-state index contributed by atoms with van der Waals surface area (Å²) in [5.74, 6) is -8.09. The molecule has 0 bridgehead atoms. The highest BCUT2D eigenvalue weighted by Crippen LogP contribution is 2.17. The maximum absolute atomic E-state index is 12.8. The van der Waals surface area contributed by atoms with Crippen LogP contribution in [0.25, 0.3) is 0 Å². The molecule has 0 aromatic rings. The lowest BCUT2D eigenvalue weighted by Gasteiger charge is -2.23. The molecule has 0 spiro atoms. The third-order valence-electron chi connectivity index (χ3n) is 4.85. The largest absolute Gasteiger partial charge is 0.481 e. The summed E-state index contributed by atoms with van der Waals surface area (Å²) in [5.41, 5.74) is 0. The summed E-state index contributed by atoms with van der Waals surface area (Å²) in [7, 11) is 1.43. The summed E-state index contributed by atoms with van der Waals surface area (Å²) < 4.78 is 0. The molecule has 33 heavy (non-hydrogen) atoms. The number of carboxylic acid groups (broad SMARTS) is 4. The van der Waals surface area contributed by atoms with E-state index in [9.17, 15) is 33.6 Å². The van der Waals surface area contributed by atoms with Crippen molar-refractivity contribution in [2.24, 2.45) is 5.92 Å². The molecule has 3 unspecified atom stereocenters. The molecule has 0 saturated heterocycles. The molecule has 186 valence electrons. The van der Waals surface area contributed by atoms with E-state index in [4.69, 9.17) is 20.4 Å². The number of aliphatic carboxylic acids is 4. The quantitative estimate of drug-likeness (QED) is 0.141. The van der Waals surface area contributed by atoms with E-state index in [0.717, 1.165) is 0 Å². The molecule has 0 aromatic heterocycles. The van der Waals surface area contributed by atoms with Crippen molar-refractivity contribution < 1.29 is 54.0 Å². The van der Waals surface area contributed by atoms with Gasteiger partial charge in [-0.15, -0.1) is 0 Å². The van der Waals surface area contributed by atoms with Crippen molar-refractivity contribution in [3.8, 4) is 0 Å². The molecule has 0 rings (SSSR count). The van der Waals surface area contributed by atoms with Gasteiger partial charge in [-0.2, -0.15) is 0 Å². The summed E-state index contributed by atoms with van der Waals surface area (Å²) in [5, 5.41) is 40.3. The topological polar surface area (TPSA) is 224 Å². The van der Waals surface area contributed by atoms with Gasteiger partial charge in [0.05, 0.1) is 18.5 Å². The number of hydrogen-bond donors (Lipinski definition) is 6. The van der Waals surface area contributed by atoms with Gasteiger partial charge in [0, 0.05) is 38.0 Å². The average molecular weight is 474 g/mol. The number of likely N-dealkylation sites (N-methyl/N-ethyl adjacent to an activating group) is 1. The van der Waals surface area contributed by atoms with Crippen LogP contribution < -0.4 is 10.6 Å². The van der Waals surface area contributed by atoms with Crippen LogP contribution in [0.15, 0.2) is 0 Å². The lowest BCUT2D eigenvalue weighted by molar-refractivity contribution is -0.141. The second-order valence-electron chi connectivity index (χ2n) is 7.43. The van der Waals surface area contributed by atoms with Crippen molar-refractivity contribution >= 4 is 41.4 Å². The summed E-state index contributed by atoms with van der Waals surface area (Å²) in [6, 6.07) is -2.20. The van der Waals surface area contributed by atoms with Gasteiger partial charge in [0.25, 0.3) is 0 Å². The van der Waals surface area contributed by atoms with Gasteiger partial charge in [-0.3, -0.25) is 33.6 Å². The van der Waals surface area contributed by atoms with Gasteiger partial charge in [-0.25, -0.2) is 0 Å². The van der Waals surface area contributed by atoms with Crippen molar-refractivity contribution in [1.82, 2.24) is 10.6 Å². The second-order valence-corrected chi connectivity index (χ2v) is 7.43. The molecule has 0 fully saturated rings. The van der Waals surface area contributed by atoms with Crippen molar-refractivity contribution in [2.45, 2.75) is 69.9 Å². The number of rotatable bonds is 19. The van der Waals surface area contributed by atoms with Crippen LogP contribution in [0.4, 0.5) is 0 Å². The lowest BCUT2D eigenvalue weighted by atomic mass is 9.91. The van der Waals surface area contributed by atoms with Gasteiger partial charge in [-0.05, 0) is 26.3 Å². The predicted molar refractivity (Wildman–Crippen MR) is 110 cm³/mol. The average Bonchev–Trinajstić information content (AvgIpc) is 2.71. The highest BCUT2D eigenvalue weighted by atomic mass is 16.4. The standard InChI is InChI=1S/C20H30N2O11/c1-21-12(3-7-17(27)28)15(24)10-11(2-6-16(25)26)20(33)22-13(4-8-18(29)30)14(23)5-9-19(31)32/h11-13,21H,2-10H2,1H3,(H,22,33)(H,25,26)(H,27,28)(H,29,30)(H,31,32). The first-order valence-electron chi connectivity index (χ1n) is 10.3. The Morgan fingerprint density at radius 1 is 0.606 bits per heavy atom. The first-order chi connectivity index (χ1) is 15.4. The normalized spacial score (nSPS) is 13.4. The SMILES string of the molecule is CNC(CCC(=O)O)C(=O)CC(CCC(=O)O)C(=O)NC(CCC(=O)O)C(=O)CCC(=O)O. The fourth-order valence-corrected chi connectivity index (χ4v) is 3.02. The van der Waals surface area contributed by atoms with Crippen LogP contribution >= 0.6 is 0 Å². The monoisotopic (exact) mass is 474 g/mol. The van der Waals surface area contributed by atoms with Crippen LogP contribution in [-0.2, 0) is 33.6 Å². The Morgan fingerprint density at radius 3 is 1.52 bits per heavy atom. The minimum atomic E-state index is -1.32. The Balaban J connectivity index is 5.45.